The smallest absolute Gasteiger partial charge is 0.341 e. The first-order valence-corrected chi connectivity index (χ1v) is 4.68. The second kappa shape index (κ2) is 5.74. The van der Waals surface area contributed by atoms with Crippen LogP contribution < -0.4 is 14.2 Å². The maximum Gasteiger partial charge on any atom is 0.341 e. The third-order valence-electron chi connectivity index (χ3n) is 1.96. The normalized spacial score (nSPS) is 9.53. The van der Waals surface area contributed by atoms with E-state index in [1.54, 1.807) is 0 Å². The standard InChI is InChI=1S/C11H12O6/c1-15-8-3-7(5-12)4-9(16-2)11(8)17-6-10(13)14/h3-5H,6H2,1-2H3,(H,13,14). The Hall–Kier alpha value is -2.24. The van der Waals surface area contributed by atoms with Crippen LogP contribution in [0.1, 0.15) is 10.4 Å². The number of carboxylic acid groups (broad SMARTS) is 1. The predicted octanol–water partition coefficient (Wildman–Crippen LogP) is 0.980. The van der Waals surface area contributed by atoms with Gasteiger partial charge >= 0.3 is 5.97 Å². The highest BCUT2D eigenvalue weighted by Crippen LogP contribution is 2.38. The largest absolute Gasteiger partial charge is 0.493 e. The molecule has 1 N–H and O–H groups in total. The highest BCUT2D eigenvalue weighted by atomic mass is 16.5. The maximum absolute atomic E-state index is 10.7. The Morgan fingerprint density at radius 3 is 2.18 bits per heavy atom. The zero-order valence-corrected chi connectivity index (χ0v) is 9.43. The van der Waals surface area contributed by atoms with Crippen LogP contribution in [-0.2, 0) is 4.79 Å². The van der Waals surface area contributed by atoms with Crippen LogP contribution >= 0.6 is 0 Å². The number of carbonyl (C=O) groups is 2. The van der Waals surface area contributed by atoms with Gasteiger partial charge in [-0.2, -0.15) is 0 Å². The second-order valence-corrected chi connectivity index (χ2v) is 3.05. The van der Waals surface area contributed by atoms with Gasteiger partial charge < -0.3 is 19.3 Å². The molecule has 0 aliphatic rings. The van der Waals surface area contributed by atoms with E-state index in [-0.39, 0.29) is 17.2 Å². The second-order valence-electron chi connectivity index (χ2n) is 3.05. The lowest BCUT2D eigenvalue weighted by molar-refractivity contribution is -0.139. The molecule has 0 atom stereocenters. The zero-order chi connectivity index (χ0) is 12.8. The van der Waals surface area contributed by atoms with Crippen LogP contribution in [0.25, 0.3) is 0 Å². The fourth-order valence-corrected chi connectivity index (χ4v) is 1.24. The van der Waals surface area contributed by atoms with Crippen LogP contribution in [0.4, 0.5) is 0 Å². The SMILES string of the molecule is COc1cc(C=O)cc(OC)c1OCC(=O)O. The summed E-state index contributed by atoms with van der Waals surface area (Å²) in [5, 5.41) is 8.54. The molecule has 92 valence electrons. The highest BCUT2D eigenvalue weighted by Gasteiger charge is 2.15. The van der Waals surface area contributed by atoms with Crippen molar-refractivity contribution in [3.05, 3.63) is 17.7 Å². The van der Waals surface area contributed by atoms with E-state index in [1.165, 1.54) is 26.4 Å². The van der Waals surface area contributed by atoms with Gasteiger partial charge in [-0.05, 0) is 12.1 Å². The molecule has 17 heavy (non-hydrogen) atoms. The number of methoxy groups -OCH3 is 2. The van der Waals surface area contributed by atoms with Gasteiger partial charge in [0, 0.05) is 5.56 Å². The van der Waals surface area contributed by atoms with Gasteiger partial charge in [-0.15, -0.1) is 0 Å². The van der Waals surface area contributed by atoms with Crippen molar-refractivity contribution in [3.63, 3.8) is 0 Å². The molecule has 6 nitrogen and oxygen atoms in total. The number of benzene rings is 1. The molecule has 0 saturated carbocycles. The summed E-state index contributed by atoms with van der Waals surface area (Å²) in [5.41, 5.74) is 0.348. The van der Waals surface area contributed by atoms with Gasteiger partial charge in [-0.1, -0.05) is 0 Å². The predicted molar refractivity (Wildman–Crippen MR) is 58.1 cm³/mol. The number of carbonyl (C=O) groups excluding carboxylic acids is 1. The molecule has 0 radical (unpaired) electrons. The van der Waals surface area contributed by atoms with Crippen molar-refractivity contribution in [3.8, 4) is 17.2 Å². The van der Waals surface area contributed by atoms with E-state index in [1.807, 2.05) is 0 Å². The minimum atomic E-state index is -1.12. The lowest BCUT2D eigenvalue weighted by Crippen LogP contribution is -2.11. The van der Waals surface area contributed by atoms with Gasteiger partial charge in [0.05, 0.1) is 14.2 Å². The van der Waals surface area contributed by atoms with E-state index < -0.39 is 12.6 Å². The number of ether oxygens (including phenoxy) is 3. The number of hydrogen-bond acceptors (Lipinski definition) is 5. The van der Waals surface area contributed by atoms with E-state index >= 15 is 0 Å². The molecule has 0 aromatic heterocycles. The third-order valence-corrected chi connectivity index (χ3v) is 1.96. The highest BCUT2D eigenvalue weighted by molar-refractivity contribution is 5.78. The van der Waals surface area contributed by atoms with Crippen molar-refractivity contribution in [1.82, 2.24) is 0 Å². The molecule has 0 amide bonds. The van der Waals surface area contributed by atoms with Crippen molar-refractivity contribution < 1.29 is 28.9 Å². The first-order chi connectivity index (χ1) is 8.12. The molecule has 0 spiro atoms. The molecule has 0 aliphatic heterocycles. The summed E-state index contributed by atoms with van der Waals surface area (Å²) in [6.45, 7) is -0.521. The number of hydrogen-bond donors (Lipinski definition) is 1. The van der Waals surface area contributed by atoms with Crippen molar-refractivity contribution in [2.45, 2.75) is 0 Å². The minimum Gasteiger partial charge on any atom is -0.493 e. The van der Waals surface area contributed by atoms with Crippen LogP contribution in [0.15, 0.2) is 12.1 Å². The summed E-state index contributed by atoms with van der Waals surface area (Å²) in [6, 6.07) is 2.87. The Labute approximate surface area is 97.7 Å². The molecule has 1 rings (SSSR count). The van der Waals surface area contributed by atoms with Gasteiger partial charge in [-0.3, -0.25) is 4.79 Å². The Kier molecular flexibility index (Phi) is 4.33. The van der Waals surface area contributed by atoms with E-state index in [0.717, 1.165) is 0 Å². The van der Waals surface area contributed by atoms with Gasteiger partial charge in [0.25, 0.3) is 0 Å². The van der Waals surface area contributed by atoms with E-state index in [4.69, 9.17) is 19.3 Å². The van der Waals surface area contributed by atoms with E-state index in [9.17, 15) is 9.59 Å². The van der Waals surface area contributed by atoms with Gasteiger partial charge in [-0.25, -0.2) is 4.79 Å². The van der Waals surface area contributed by atoms with Crippen molar-refractivity contribution >= 4 is 12.3 Å². The molecule has 0 saturated heterocycles. The van der Waals surface area contributed by atoms with Gasteiger partial charge in [0.1, 0.15) is 6.29 Å². The summed E-state index contributed by atoms with van der Waals surface area (Å²) >= 11 is 0. The number of aldehydes is 1. The topological polar surface area (TPSA) is 82.1 Å². The summed E-state index contributed by atoms with van der Waals surface area (Å²) in [4.78, 5) is 21.1. The first kappa shape index (κ1) is 12.8. The fourth-order valence-electron chi connectivity index (χ4n) is 1.24. The number of carboxylic acids is 1. The Bertz CT molecular complexity index is 401. The van der Waals surface area contributed by atoms with Crippen molar-refractivity contribution in [1.29, 1.82) is 0 Å². The Balaban J connectivity index is 3.14. The van der Waals surface area contributed by atoms with Crippen molar-refractivity contribution in [2.75, 3.05) is 20.8 Å². The number of aliphatic carboxylic acids is 1. The Morgan fingerprint density at radius 2 is 1.82 bits per heavy atom. The summed E-state index contributed by atoms with van der Waals surface area (Å²) < 4.78 is 15.1. The third kappa shape index (κ3) is 3.10. The van der Waals surface area contributed by atoms with Gasteiger partial charge in [0.2, 0.25) is 5.75 Å². The number of rotatable bonds is 6. The molecule has 1 aromatic rings. The Morgan fingerprint density at radius 1 is 1.29 bits per heavy atom. The lowest BCUT2D eigenvalue weighted by Gasteiger charge is -2.13. The van der Waals surface area contributed by atoms with Gasteiger partial charge in [0.15, 0.2) is 18.1 Å². The van der Waals surface area contributed by atoms with Crippen LogP contribution in [0.2, 0.25) is 0 Å². The van der Waals surface area contributed by atoms with E-state index in [0.29, 0.717) is 11.8 Å². The zero-order valence-electron chi connectivity index (χ0n) is 9.43. The quantitative estimate of drug-likeness (QED) is 0.746. The van der Waals surface area contributed by atoms with E-state index in [2.05, 4.69) is 0 Å². The van der Waals surface area contributed by atoms with Crippen LogP contribution in [0.3, 0.4) is 0 Å². The molecule has 6 heteroatoms. The average Bonchev–Trinajstić information content (AvgIpc) is 2.34. The summed E-state index contributed by atoms with van der Waals surface area (Å²) in [5.74, 6) is -0.475. The molecular weight excluding hydrogens is 228 g/mol. The minimum absolute atomic E-state index is 0.156. The molecule has 0 fully saturated rings. The lowest BCUT2D eigenvalue weighted by atomic mass is 10.2. The maximum atomic E-state index is 10.7. The van der Waals surface area contributed by atoms with Crippen LogP contribution in [0, 0.1) is 0 Å². The molecule has 0 unspecified atom stereocenters. The molecule has 1 aromatic carbocycles. The average molecular weight is 240 g/mol. The van der Waals surface area contributed by atoms with Crippen LogP contribution in [-0.4, -0.2) is 38.2 Å². The molecule has 0 bridgehead atoms. The molecule has 0 heterocycles. The monoisotopic (exact) mass is 240 g/mol. The van der Waals surface area contributed by atoms with Crippen molar-refractivity contribution in [2.24, 2.45) is 0 Å². The molecular formula is C11H12O6. The first-order valence-electron chi connectivity index (χ1n) is 4.68. The summed E-state index contributed by atoms with van der Waals surface area (Å²) in [6.07, 6.45) is 0.631. The fraction of sp³-hybridized carbons (Fsp3) is 0.273. The van der Waals surface area contributed by atoms with Crippen LogP contribution in [0.5, 0.6) is 17.2 Å². The molecule has 0 aliphatic carbocycles. The summed E-state index contributed by atoms with van der Waals surface area (Å²) in [7, 11) is 2.77.